The van der Waals surface area contributed by atoms with Crippen molar-refractivity contribution in [3.8, 4) is 16.9 Å². The first-order chi connectivity index (χ1) is 66.9. The maximum absolute atomic E-state index is 15.7. The molecule has 3 aliphatic rings. The number of aromatic nitrogens is 1. The monoisotopic (exact) mass is 1940 g/mol. The zero-order chi connectivity index (χ0) is 102. The summed E-state index contributed by atoms with van der Waals surface area (Å²) in [7, 11) is 0. The lowest BCUT2D eigenvalue weighted by molar-refractivity contribution is -0.148. The molecule has 5 aromatic rings. The van der Waals surface area contributed by atoms with Gasteiger partial charge in [0.05, 0.1) is 0 Å². The van der Waals surface area contributed by atoms with E-state index >= 15 is 67.1 Å². The van der Waals surface area contributed by atoms with Crippen LogP contribution >= 0.6 is 0 Å². The number of carbonyl (C=O) groups is 14. The Hall–Kier alpha value is -13.5. The first kappa shape index (κ1) is 112. The molecule has 0 unspecified atom stereocenters. The molecule has 4 aromatic carbocycles. The fourth-order valence-corrected chi connectivity index (χ4v) is 17.5. The molecule has 3 saturated heterocycles. The molecule has 0 radical (unpaired) electrons. The van der Waals surface area contributed by atoms with Gasteiger partial charge in [0.1, 0.15) is 90.3 Å². The second kappa shape index (κ2) is 57.1. The Labute approximate surface area is 818 Å². The highest BCUT2D eigenvalue weighted by Gasteiger charge is 2.46. The van der Waals surface area contributed by atoms with Gasteiger partial charge in [-0.1, -0.05) is 126 Å². The third-order valence-corrected chi connectivity index (χ3v) is 25.0. The second-order valence-corrected chi connectivity index (χ2v) is 37.5. The van der Waals surface area contributed by atoms with Gasteiger partial charge in [-0.05, 0) is 218 Å². The first-order valence-electron chi connectivity index (χ1n) is 49.0. The average Bonchev–Trinajstić information content (AvgIpc) is 1.64. The van der Waals surface area contributed by atoms with Crippen molar-refractivity contribution in [2.75, 3.05) is 52.4 Å². The fraction of sp³-hybridized carbons (Fsp3) is 0.561. The number of carbonyl (C=O) groups excluding carboxylic acids is 14. The Balaban J connectivity index is 1.25. The van der Waals surface area contributed by atoms with Crippen LogP contribution in [-0.4, -0.2) is 257 Å². The van der Waals surface area contributed by atoms with E-state index in [-0.39, 0.29) is 192 Å². The van der Waals surface area contributed by atoms with Crippen LogP contribution in [0.4, 0.5) is 0 Å². The summed E-state index contributed by atoms with van der Waals surface area (Å²) in [6.45, 7) is 11.3. The third-order valence-electron chi connectivity index (χ3n) is 25.0. The predicted molar refractivity (Wildman–Crippen MR) is 532 cm³/mol. The van der Waals surface area contributed by atoms with Gasteiger partial charge in [-0.15, -0.1) is 0 Å². The predicted octanol–water partition coefficient (Wildman–Crippen LogP) is 0.307. The molecular formula is C98H149N27O15. The van der Waals surface area contributed by atoms with E-state index in [9.17, 15) is 5.11 Å². The molecule has 14 amide bonds. The van der Waals surface area contributed by atoms with E-state index in [1.54, 1.807) is 38.2 Å². The molecule has 766 valence electrons. The summed E-state index contributed by atoms with van der Waals surface area (Å²) < 4.78 is 0. The van der Waals surface area contributed by atoms with Gasteiger partial charge < -0.3 is 134 Å². The average molecular weight is 1950 g/mol. The van der Waals surface area contributed by atoms with Gasteiger partial charge in [0.2, 0.25) is 82.7 Å². The Morgan fingerprint density at radius 2 is 0.686 bits per heavy atom. The van der Waals surface area contributed by atoms with Crippen LogP contribution in [0.15, 0.2) is 109 Å². The summed E-state index contributed by atoms with van der Waals surface area (Å²) in [5.41, 5.74) is 39.1. The highest BCUT2D eigenvalue weighted by molar-refractivity contribution is 6.02. The first-order valence-corrected chi connectivity index (χ1v) is 49.0. The number of aromatic hydroxyl groups is 1. The number of fused-ring (bicyclic) bond motifs is 3. The topological polar surface area (TPSA) is 690 Å². The van der Waals surface area contributed by atoms with Crippen LogP contribution in [0.1, 0.15) is 193 Å². The largest absolute Gasteiger partial charge is 0.508 e. The Bertz CT molecular complexity index is 4980. The molecule has 8 rings (SSSR count). The van der Waals surface area contributed by atoms with E-state index in [0.717, 1.165) is 11.1 Å². The molecular weight excluding hydrogens is 1800 g/mol. The number of phenolic OH excluding ortho intramolecular Hbond substituents is 1. The molecule has 0 spiro atoms. The molecule has 42 heteroatoms. The van der Waals surface area contributed by atoms with Crippen LogP contribution in [0.25, 0.3) is 22.0 Å². The van der Waals surface area contributed by atoms with Crippen molar-refractivity contribution in [1.82, 2.24) is 94.5 Å². The summed E-state index contributed by atoms with van der Waals surface area (Å²) in [5.74, 6) is -14.2. The lowest BCUT2D eigenvalue weighted by Gasteiger charge is -2.34. The molecule has 0 saturated carbocycles. The summed E-state index contributed by atoms with van der Waals surface area (Å²) >= 11 is 0. The molecule has 14 atom stereocenters. The van der Waals surface area contributed by atoms with Crippen molar-refractivity contribution in [2.24, 2.45) is 52.2 Å². The molecule has 1 aromatic heterocycles. The Morgan fingerprint density at radius 3 is 1.08 bits per heavy atom. The van der Waals surface area contributed by atoms with E-state index in [0.29, 0.717) is 59.7 Å². The van der Waals surface area contributed by atoms with Gasteiger partial charge in [0.25, 0.3) is 0 Å². The van der Waals surface area contributed by atoms with E-state index in [2.05, 4.69) is 84.7 Å². The fourth-order valence-electron chi connectivity index (χ4n) is 17.5. The minimum Gasteiger partial charge on any atom is -0.508 e. The Morgan fingerprint density at radius 1 is 0.364 bits per heavy atom. The number of hydrogen-bond donors (Lipinski definition) is 26. The number of guanidine groups is 3. The van der Waals surface area contributed by atoms with Gasteiger partial charge in [0.15, 0.2) is 17.9 Å². The number of aromatic amines is 1. The van der Waals surface area contributed by atoms with Crippen LogP contribution < -0.4 is 114 Å². The van der Waals surface area contributed by atoms with Crippen molar-refractivity contribution in [2.45, 2.75) is 280 Å². The molecule has 3 aliphatic heterocycles. The number of phenols is 1. The number of nitrogens with two attached hydrogens (primary N) is 6. The van der Waals surface area contributed by atoms with Gasteiger partial charge >= 0.3 is 0 Å². The number of nitrogens with one attached hydrogen (secondary N) is 19. The van der Waals surface area contributed by atoms with Gasteiger partial charge in [0, 0.05) is 69.1 Å². The summed E-state index contributed by atoms with van der Waals surface area (Å²) in [5, 5.41) is 77.2. The number of amides is 14. The van der Waals surface area contributed by atoms with Crippen LogP contribution in [0.5, 0.6) is 5.75 Å². The maximum Gasteiger partial charge on any atom is 0.246 e. The number of para-hydroxylation sites is 1. The van der Waals surface area contributed by atoms with Crippen LogP contribution in [0, 0.1) is 34.0 Å². The van der Waals surface area contributed by atoms with Crippen molar-refractivity contribution < 1.29 is 72.2 Å². The van der Waals surface area contributed by atoms with Crippen LogP contribution in [0.2, 0.25) is 0 Å². The SMILES string of the molecule is CC(C)C[C@@H]1NC(=O)[C@H](Cc2c[nH]c3ccccc23)NC(=O)[C@H](CC(C)C)NC(=O)[C@@H]2CCCN2C(=O)[C@H]2CCCN2C(=O)[C@H](C(C)C)NC(=O)[C@H](CCCNC(=N)N)NC(=O)[C@H](Cc2ccc(O)cc2)NC(=O)[C@H](CCCCN)NC(=O)[C@H](Cc2ccc(-c3ccccc3)cc2)NC(=O)[C@H](CCCNC(=N)N)NC(=O)[C@H](CCCNC(=N)N)NC(=O)[C@H](CCCCN)NC(=O)[C@H](CCCCN)NC1=O. The summed E-state index contributed by atoms with van der Waals surface area (Å²) in [4.78, 5) is 221. The summed E-state index contributed by atoms with van der Waals surface area (Å²) in [6, 6.07) is 9.52. The lowest BCUT2D eigenvalue weighted by atomic mass is 9.98. The van der Waals surface area contributed by atoms with Crippen molar-refractivity contribution in [3.05, 3.63) is 126 Å². The molecule has 0 aliphatic carbocycles. The Kier molecular flexibility index (Phi) is 45.6. The van der Waals surface area contributed by atoms with Crippen LogP contribution in [0.3, 0.4) is 0 Å². The number of nitrogens with zero attached hydrogens (tertiary/aromatic N) is 2. The standard InChI is InChI=1S/C98H149N27O15/c1-57(2)51-74-88(133)115-69(28-13-16-44-100)83(128)112-68(27-12-15-43-99)82(127)113-71(30-18-46-108-96(102)103)84(129)114-72(31-19-47-109-97(104)105)86(131)120-76(53-60-35-39-63(40-36-60)62-23-8-7-9-24-62)90(135)116-70(29-14-17-45-101)85(130)119-77(54-61-37-41-65(126)42-38-61)91(136)117-73(32-20-48-110-98(106)107)87(132)123-81(59(5)6)95(140)125-50-22-34-80(125)94(139)124-49-21-33-79(124)93(138)122-75(52-58(3)4)89(134)121-78(92(137)118-74)55-64-56-111-67-26-11-10-25-66(64)67/h7-11,23-26,35-42,56-59,68-81,111,126H,12-22,27-34,43-55,99-101H2,1-6H3,(H,112,128)(H,113,127)(H,114,129)(H,115,133)(H,116,135)(H,117,136)(H,118,137)(H,119,130)(H,120,131)(H,121,134)(H,122,138)(H,123,132)(H4,102,103,108)(H4,104,105,109)(H4,106,107,110)/t68-,69-,70-,71-,72-,73-,74-,75-,76-,77-,78-,79-,80+,81-/m0/s1. The lowest BCUT2D eigenvalue weighted by Crippen LogP contribution is -2.62. The van der Waals surface area contributed by atoms with Gasteiger partial charge in [-0.2, -0.15) is 0 Å². The highest BCUT2D eigenvalue weighted by atomic mass is 16.3. The molecule has 3 fully saturated rings. The van der Waals surface area contributed by atoms with E-state index < -0.39 is 191 Å². The number of H-pyrrole nitrogens is 1. The van der Waals surface area contributed by atoms with Gasteiger partial charge in [-0.3, -0.25) is 83.4 Å². The number of hydrogen-bond acceptors (Lipinski definition) is 21. The molecule has 0 bridgehead atoms. The molecule has 32 N–H and O–H groups in total. The minimum atomic E-state index is -1.60. The number of rotatable bonds is 36. The highest BCUT2D eigenvalue weighted by Crippen LogP contribution is 2.29. The minimum absolute atomic E-state index is 0.00104. The van der Waals surface area contributed by atoms with E-state index in [1.165, 1.54) is 34.1 Å². The van der Waals surface area contributed by atoms with Crippen LogP contribution in [-0.2, 0) is 86.4 Å². The quantitative estimate of drug-likeness (QED) is 0.0146. The van der Waals surface area contributed by atoms with Gasteiger partial charge in [-0.25, -0.2) is 0 Å². The van der Waals surface area contributed by atoms with Crippen molar-refractivity contribution in [1.29, 1.82) is 16.2 Å². The number of unbranched alkanes of at least 4 members (excludes halogenated alkanes) is 3. The zero-order valence-corrected chi connectivity index (χ0v) is 81.4. The molecule has 42 nitrogen and oxygen atoms in total. The maximum atomic E-state index is 15.7. The zero-order valence-electron chi connectivity index (χ0n) is 81.4. The van der Waals surface area contributed by atoms with E-state index in [1.807, 2.05) is 88.4 Å². The molecule has 4 heterocycles. The third kappa shape index (κ3) is 35.7. The second-order valence-electron chi connectivity index (χ2n) is 37.5. The number of benzene rings is 4. The van der Waals surface area contributed by atoms with Crippen molar-refractivity contribution in [3.63, 3.8) is 0 Å². The normalized spacial score (nSPS) is 23.3. The summed E-state index contributed by atoms with van der Waals surface area (Å²) in [6.07, 6.45) is 3.21. The smallest absolute Gasteiger partial charge is 0.246 e. The molecule has 140 heavy (non-hydrogen) atoms. The van der Waals surface area contributed by atoms with Crippen molar-refractivity contribution >= 4 is 111 Å². The van der Waals surface area contributed by atoms with E-state index in [4.69, 9.17) is 50.6 Å².